The molecule has 0 aliphatic heterocycles. The van der Waals surface area contributed by atoms with Crippen LogP contribution in [0, 0.1) is 6.92 Å². The zero-order valence-electron chi connectivity index (χ0n) is 13.0. The summed E-state index contributed by atoms with van der Waals surface area (Å²) in [5.41, 5.74) is 1.02. The van der Waals surface area contributed by atoms with E-state index in [9.17, 15) is 9.59 Å². The summed E-state index contributed by atoms with van der Waals surface area (Å²) in [6, 6.07) is 5.55. The molecule has 22 heavy (non-hydrogen) atoms. The summed E-state index contributed by atoms with van der Waals surface area (Å²) < 4.78 is 11.1. The van der Waals surface area contributed by atoms with Crippen molar-refractivity contribution in [1.82, 2.24) is 9.97 Å². The van der Waals surface area contributed by atoms with E-state index in [0.717, 1.165) is 12.0 Å². The molecule has 2 rings (SSSR count). The van der Waals surface area contributed by atoms with Crippen LogP contribution in [0.1, 0.15) is 30.2 Å². The predicted octanol–water partition coefficient (Wildman–Crippen LogP) is 1.76. The molecule has 0 amide bonds. The lowest BCUT2D eigenvalue weighted by Crippen LogP contribution is -2.27. The smallest absolute Gasteiger partial charge is 0.325 e. The van der Waals surface area contributed by atoms with Crippen molar-refractivity contribution in [3.8, 4) is 11.5 Å². The largest absolute Gasteiger partial charge is 0.493 e. The Kier molecular flexibility index (Phi) is 5.04. The first-order valence-corrected chi connectivity index (χ1v) is 7.17. The number of para-hydroxylation sites is 1. The minimum atomic E-state index is -0.501. The zero-order valence-corrected chi connectivity index (χ0v) is 13.0. The van der Waals surface area contributed by atoms with Gasteiger partial charge in [-0.25, -0.2) is 4.79 Å². The Hall–Kier alpha value is -2.50. The third-order valence-electron chi connectivity index (χ3n) is 3.35. The quantitative estimate of drug-likeness (QED) is 0.851. The van der Waals surface area contributed by atoms with E-state index >= 15 is 0 Å². The Bertz CT molecular complexity index is 761. The highest BCUT2D eigenvalue weighted by Crippen LogP contribution is 2.32. The van der Waals surface area contributed by atoms with Crippen LogP contribution in [-0.2, 0) is 6.42 Å². The summed E-state index contributed by atoms with van der Waals surface area (Å²) in [6.45, 7) is 4.29. The van der Waals surface area contributed by atoms with Gasteiger partial charge in [0.05, 0.1) is 13.7 Å². The molecule has 1 heterocycles. The Balaban J connectivity index is 2.45. The van der Waals surface area contributed by atoms with E-state index in [1.807, 2.05) is 25.1 Å². The van der Waals surface area contributed by atoms with Gasteiger partial charge >= 0.3 is 5.69 Å². The molecule has 0 aliphatic carbocycles. The molecular formula is C16H20N2O4. The molecule has 0 saturated heterocycles. The Morgan fingerprint density at radius 3 is 2.59 bits per heavy atom. The number of aromatic nitrogens is 2. The van der Waals surface area contributed by atoms with E-state index in [0.29, 0.717) is 35.8 Å². The number of methoxy groups -OCH3 is 1. The maximum absolute atomic E-state index is 12.0. The standard InChI is InChI=1S/C16H20N2O4/c1-4-8-22-14-11(6-5-7-13(14)21-3)9-12-10(2)17-16(20)18-15(12)19/h5-7H,4,8-9H2,1-3H3,(H2,17,18,19,20). The van der Waals surface area contributed by atoms with Crippen molar-refractivity contribution in [3.63, 3.8) is 0 Å². The van der Waals surface area contributed by atoms with Crippen LogP contribution >= 0.6 is 0 Å². The van der Waals surface area contributed by atoms with E-state index in [4.69, 9.17) is 9.47 Å². The highest BCUT2D eigenvalue weighted by Gasteiger charge is 2.14. The first-order chi connectivity index (χ1) is 10.6. The molecule has 0 aliphatic rings. The minimum absolute atomic E-state index is 0.355. The summed E-state index contributed by atoms with van der Waals surface area (Å²) in [7, 11) is 1.58. The Morgan fingerprint density at radius 2 is 1.95 bits per heavy atom. The van der Waals surface area contributed by atoms with E-state index in [2.05, 4.69) is 9.97 Å². The first kappa shape index (κ1) is 15.9. The van der Waals surface area contributed by atoms with Gasteiger partial charge in [0.2, 0.25) is 0 Å². The second kappa shape index (κ2) is 6.98. The fourth-order valence-electron chi connectivity index (χ4n) is 2.26. The number of hydrogen-bond donors (Lipinski definition) is 2. The van der Waals surface area contributed by atoms with Crippen molar-refractivity contribution in [2.24, 2.45) is 0 Å². The number of benzene rings is 1. The second-order valence-electron chi connectivity index (χ2n) is 4.99. The van der Waals surface area contributed by atoms with Crippen molar-refractivity contribution in [1.29, 1.82) is 0 Å². The molecule has 0 fully saturated rings. The van der Waals surface area contributed by atoms with Crippen molar-refractivity contribution in [2.75, 3.05) is 13.7 Å². The minimum Gasteiger partial charge on any atom is -0.493 e. The van der Waals surface area contributed by atoms with Gasteiger partial charge < -0.3 is 14.5 Å². The molecule has 6 nitrogen and oxygen atoms in total. The number of aryl methyl sites for hydroxylation is 1. The van der Waals surface area contributed by atoms with E-state index in [1.165, 1.54) is 0 Å². The number of aromatic amines is 2. The summed E-state index contributed by atoms with van der Waals surface area (Å²) in [5, 5.41) is 0. The number of hydrogen-bond acceptors (Lipinski definition) is 4. The molecule has 6 heteroatoms. The third kappa shape index (κ3) is 3.39. The normalized spacial score (nSPS) is 10.5. The van der Waals surface area contributed by atoms with Gasteiger partial charge in [-0.3, -0.25) is 9.78 Å². The molecule has 1 aromatic carbocycles. The summed E-state index contributed by atoms with van der Waals surface area (Å²) in [4.78, 5) is 28.1. The molecule has 0 bridgehead atoms. The number of rotatable bonds is 6. The second-order valence-corrected chi connectivity index (χ2v) is 4.99. The SMILES string of the molecule is CCCOc1c(Cc2c(C)[nH]c(=O)[nH]c2=O)cccc1OC. The first-order valence-electron chi connectivity index (χ1n) is 7.17. The Morgan fingerprint density at radius 1 is 1.18 bits per heavy atom. The van der Waals surface area contributed by atoms with E-state index in [-0.39, 0.29) is 5.56 Å². The lowest BCUT2D eigenvalue weighted by Gasteiger charge is -2.15. The van der Waals surface area contributed by atoms with Crippen LogP contribution in [0.2, 0.25) is 0 Å². The molecule has 0 spiro atoms. The van der Waals surface area contributed by atoms with Gasteiger partial charge in [0.15, 0.2) is 11.5 Å². The van der Waals surface area contributed by atoms with Gasteiger partial charge in [-0.15, -0.1) is 0 Å². The van der Waals surface area contributed by atoms with Crippen molar-refractivity contribution >= 4 is 0 Å². The van der Waals surface area contributed by atoms with Gasteiger partial charge in [-0.05, 0) is 19.4 Å². The molecule has 2 N–H and O–H groups in total. The third-order valence-corrected chi connectivity index (χ3v) is 3.35. The Labute approximate surface area is 128 Å². The molecule has 0 radical (unpaired) electrons. The summed E-state index contributed by atoms with van der Waals surface area (Å²) in [5.74, 6) is 1.27. The van der Waals surface area contributed by atoms with Crippen LogP contribution in [0.3, 0.4) is 0 Å². The van der Waals surface area contributed by atoms with Crippen LogP contribution in [0.25, 0.3) is 0 Å². The monoisotopic (exact) mass is 304 g/mol. The number of ether oxygens (including phenoxy) is 2. The fraction of sp³-hybridized carbons (Fsp3) is 0.375. The molecule has 0 atom stereocenters. The maximum atomic E-state index is 12.0. The van der Waals surface area contributed by atoms with Crippen molar-refractivity contribution in [2.45, 2.75) is 26.7 Å². The number of nitrogens with one attached hydrogen (secondary N) is 2. The lowest BCUT2D eigenvalue weighted by atomic mass is 10.0. The van der Waals surface area contributed by atoms with Gasteiger partial charge in [-0.1, -0.05) is 19.1 Å². The van der Waals surface area contributed by atoms with Gasteiger partial charge in [0, 0.05) is 23.2 Å². The van der Waals surface area contributed by atoms with Crippen LogP contribution in [0.5, 0.6) is 11.5 Å². The average molecular weight is 304 g/mol. The average Bonchev–Trinajstić information content (AvgIpc) is 2.49. The molecule has 0 saturated carbocycles. The molecule has 0 unspecified atom stereocenters. The number of H-pyrrole nitrogens is 2. The van der Waals surface area contributed by atoms with Gasteiger partial charge in [-0.2, -0.15) is 0 Å². The predicted molar refractivity (Wildman–Crippen MR) is 84.0 cm³/mol. The summed E-state index contributed by atoms with van der Waals surface area (Å²) in [6.07, 6.45) is 1.23. The topological polar surface area (TPSA) is 84.2 Å². The van der Waals surface area contributed by atoms with Gasteiger partial charge in [0.1, 0.15) is 0 Å². The van der Waals surface area contributed by atoms with E-state index in [1.54, 1.807) is 14.0 Å². The zero-order chi connectivity index (χ0) is 16.1. The maximum Gasteiger partial charge on any atom is 0.325 e. The van der Waals surface area contributed by atoms with Crippen LogP contribution in [0.4, 0.5) is 0 Å². The fourth-order valence-corrected chi connectivity index (χ4v) is 2.26. The van der Waals surface area contributed by atoms with Crippen LogP contribution in [-0.4, -0.2) is 23.7 Å². The van der Waals surface area contributed by atoms with Crippen LogP contribution in [0.15, 0.2) is 27.8 Å². The highest BCUT2D eigenvalue weighted by atomic mass is 16.5. The van der Waals surface area contributed by atoms with Crippen LogP contribution < -0.4 is 20.7 Å². The van der Waals surface area contributed by atoms with E-state index < -0.39 is 5.69 Å². The molecule has 1 aromatic heterocycles. The molecular weight excluding hydrogens is 284 g/mol. The summed E-state index contributed by atoms with van der Waals surface area (Å²) >= 11 is 0. The highest BCUT2D eigenvalue weighted by molar-refractivity contribution is 5.48. The lowest BCUT2D eigenvalue weighted by molar-refractivity contribution is 0.291. The van der Waals surface area contributed by atoms with Crippen molar-refractivity contribution < 1.29 is 9.47 Å². The molecule has 118 valence electrons. The van der Waals surface area contributed by atoms with Crippen molar-refractivity contribution in [3.05, 3.63) is 55.9 Å². The molecule has 2 aromatic rings. The van der Waals surface area contributed by atoms with Gasteiger partial charge in [0.25, 0.3) is 5.56 Å².